The van der Waals surface area contributed by atoms with Crippen molar-refractivity contribution >= 4 is 5.91 Å². The number of nitrogens with zero attached hydrogens (tertiary/aromatic N) is 3. The largest absolute Gasteiger partial charge is 0.435 e. The first-order chi connectivity index (χ1) is 11.2. The fourth-order valence-corrected chi connectivity index (χ4v) is 3.45. The Bertz CT molecular complexity index is 621. The molecule has 2 aliphatic rings. The van der Waals surface area contributed by atoms with Crippen LogP contribution in [0.15, 0.2) is 6.07 Å². The van der Waals surface area contributed by atoms with Gasteiger partial charge in [0.25, 0.3) is 5.91 Å². The maximum absolute atomic E-state index is 12.7. The molecule has 0 saturated carbocycles. The van der Waals surface area contributed by atoms with Gasteiger partial charge in [0.15, 0.2) is 5.69 Å². The smallest absolute Gasteiger partial charge is 0.390 e. The molecule has 3 heterocycles. The molecule has 0 radical (unpaired) electrons. The van der Waals surface area contributed by atoms with Gasteiger partial charge in [-0.3, -0.25) is 9.48 Å². The van der Waals surface area contributed by atoms with E-state index in [-0.39, 0.29) is 5.69 Å². The average molecular weight is 347 g/mol. The van der Waals surface area contributed by atoms with Gasteiger partial charge in [-0.05, 0) is 25.7 Å². The first-order valence-electron chi connectivity index (χ1n) is 7.95. The number of rotatable bonds is 1. The number of alkyl halides is 3. The third-order valence-corrected chi connectivity index (χ3v) is 4.91. The van der Waals surface area contributed by atoms with E-state index in [1.54, 1.807) is 0 Å². The summed E-state index contributed by atoms with van der Waals surface area (Å²) in [5, 5.41) is 13.6. The van der Waals surface area contributed by atoms with E-state index >= 15 is 0 Å². The van der Waals surface area contributed by atoms with E-state index in [0.29, 0.717) is 39.0 Å². The second-order valence-electron chi connectivity index (χ2n) is 6.40. The maximum atomic E-state index is 12.7. The SMILES string of the molecule is Cn1nc(C(F)(F)F)cc1C(=O)N1CCC2(CC1)OCCCC2O. The predicted octanol–water partition coefficient (Wildman–Crippen LogP) is 1.58. The summed E-state index contributed by atoms with van der Waals surface area (Å²) in [6.07, 6.45) is -2.71. The number of amides is 1. The molecule has 1 amide bonds. The highest BCUT2D eigenvalue weighted by atomic mass is 19.4. The maximum Gasteiger partial charge on any atom is 0.435 e. The summed E-state index contributed by atoms with van der Waals surface area (Å²) in [7, 11) is 1.32. The zero-order valence-electron chi connectivity index (χ0n) is 13.3. The molecule has 1 aromatic rings. The van der Waals surface area contributed by atoms with Gasteiger partial charge in [-0.25, -0.2) is 0 Å². The van der Waals surface area contributed by atoms with Crippen LogP contribution in [0.4, 0.5) is 13.2 Å². The second-order valence-corrected chi connectivity index (χ2v) is 6.40. The van der Waals surface area contributed by atoms with Crippen molar-refractivity contribution in [2.24, 2.45) is 7.05 Å². The Kier molecular flexibility index (Phi) is 4.33. The number of hydrogen-bond donors (Lipinski definition) is 1. The number of ether oxygens (including phenoxy) is 1. The Balaban J connectivity index is 1.71. The number of likely N-dealkylation sites (tertiary alicyclic amines) is 1. The predicted molar refractivity (Wildman–Crippen MR) is 77.3 cm³/mol. The molecule has 24 heavy (non-hydrogen) atoms. The summed E-state index contributed by atoms with van der Waals surface area (Å²) >= 11 is 0. The fourth-order valence-electron chi connectivity index (χ4n) is 3.45. The minimum absolute atomic E-state index is 0.0941. The van der Waals surface area contributed by atoms with Gasteiger partial charge in [0.1, 0.15) is 5.69 Å². The van der Waals surface area contributed by atoms with Crippen LogP contribution < -0.4 is 0 Å². The van der Waals surface area contributed by atoms with E-state index in [9.17, 15) is 23.1 Å². The molecule has 2 saturated heterocycles. The first kappa shape index (κ1) is 17.2. The van der Waals surface area contributed by atoms with Gasteiger partial charge in [-0.1, -0.05) is 0 Å². The zero-order chi connectivity index (χ0) is 17.5. The molecule has 3 rings (SSSR count). The number of carbonyl (C=O) groups is 1. The van der Waals surface area contributed by atoms with Crippen LogP contribution >= 0.6 is 0 Å². The molecule has 0 aliphatic carbocycles. The van der Waals surface area contributed by atoms with Crippen molar-refractivity contribution in [1.29, 1.82) is 0 Å². The minimum atomic E-state index is -4.58. The molecule has 6 nitrogen and oxygen atoms in total. The molecule has 1 atom stereocenters. The Morgan fingerprint density at radius 1 is 1.42 bits per heavy atom. The normalized spacial score (nSPS) is 24.4. The summed E-state index contributed by atoms with van der Waals surface area (Å²) in [6, 6.07) is 0.776. The molecule has 1 N–H and O–H groups in total. The highest BCUT2D eigenvalue weighted by Gasteiger charge is 2.45. The molecule has 1 spiro atoms. The van der Waals surface area contributed by atoms with Crippen LogP contribution in [-0.4, -0.2) is 57.1 Å². The van der Waals surface area contributed by atoms with E-state index in [1.165, 1.54) is 11.9 Å². The zero-order valence-corrected chi connectivity index (χ0v) is 13.3. The number of aromatic nitrogens is 2. The number of carbonyl (C=O) groups excluding carboxylic acids is 1. The van der Waals surface area contributed by atoms with Crippen LogP contribution in [0.3, 0.4) is 0 Å². The summed E-state index contributed by atoms with van der Waals surface area (Å²) in [4.78, 5) is 14.0. The quantitative estimate of drug-likeness (QED) is 0.838. The van der Waals surface area contributed by atoms with Gasteiger partial charge in [-0.2, -0.15) is 18.3 Å². The molecule has 1 unspecified atom stereocenters. The second kappa shape index (κ2) is 6.03. The molecule has 134 valence electrons. The van der Waals surface area contributed by atoms with Crippen LogP contribution in [-0.2, 0) is 18.0 Å². The lowest BCUT2D eigenvalue weighted by molar-refractivity contribution is -0.174. The van der Waals surface area contributed by atoms with Gasteiger partial charge >= 0.3 is 6.18 Å². The van der Waals surface area contributed by atoms with Crippen molar-refractivity contribution < 1.29 is 27.8 Å². The Labute approximate surface area is 137 Å². The Morgan fingerprint density at radius 3 is 2.62 bits per heavy atom. The highest BCUT2D eigenvalue weighted by Crippen LogP contribution is 2.36. The van der Waals surface area contributed by atoms with Crippen molar-refractivity contribution in [2.75, 3.05) is 19.7 Å². The summed E-state index contributed by atoms with van der Waals surface area (Å²) in [6.45, 7) is 1.26. The van der Waals surface area contributed by atoms with Crippen LogP contribution in [0.1, 0.15) is 41.9 Å². The molecule has 2 aliphatic heterocycles. The van der Waals surface area contributed by atoms with Crippen LogP contribution in [0.2, 0.25) is 0 Å². The van der Waals surface area contributed by atoms with E-state index in [2.05, 4.69) is 5.10 Å². The molecule has 0 bridgehead atoms. The lowest BCUT2D eigenvalue weighted by Crippen LogP contribution is -2.56. The fraction of sp³-hybridized carbons (Fsp3) is 0.733. The molecule has 9 heteroatoms. The lowest BCUT2D eigenvalue weighted by atomic mass is 9.82. The van der Waals surface area contributed by atoms with Crippen molar-refractivity contribution in [3.8, 4) is 0 Å². The number of halogens is 3. The van der Waals surface area contributed by atoms with E-state index in [0.717, 1.165) is 17.2 Å². The molecular weight excluding hydrogens is 327 g/mol. The van der Waals surface area contributed by atoms with E-state index < -0.39 is 29.5 Å². The van der Waals surface area contributed by atoms with Crippen molar-refractivity contribution in [2.45, 2.75) is 43.6 Å². The van der Waals surface area contributed by atoms with Crippen molar-refractivity contribution in [3.63, 3.8) is 0 Å². The van der Waals surface area contributed by atoms with Crippen molar-refractivity contribution in [1.82, 2.24) is 14.7 Å². The third kappa shape index (κ3) is 3.02. The summed E-state index contributed by atoms with van der Waals surface area (Å²) in [5.74, 6) is -0.486. The van der Waals surface area contributed by atoms with Gasteiger partial charge in [-0.15, -0.1) is 0 Å². The van der Waals surface area contributed by atoms with Crippen LogP contribution in [0.25, 0.3) is 0 Å². The number of aryl methyl sites for hydroxylation is 1. The average Bonchev–Trinajstić information content (AvgIpc) is 2.93. The number of aliphatic hydroxyl groups is 1. The lowest BCUT2D eigenvalue weighted by Gasteiger charge is -2.46. The molecule has 1 aromatic heterocycles. The van der Waals surface area contributed by atoms with Gasteiger partial charge in [0, 0.05) is 32.8 Å². The Hall–Kier alpha value is -1.61. The highest BCUT2D eigenvalue weighted by molar-refractivity contribution is 5.92. The third-order valence-electron chi connectivity index (χ3n) is 4.91. The van der Waals surface area contributed by atoms with Gasteiger partial charge in [0.2, 0.25) is 0 Å². The van der Waals surface area contributed by atoms with Crippen molar-refractivity contribution in [3.05, 3.63) is 17.5 Å². The molecular formula is C15H20F3N3O3. The van der Waals surface area contributed by atoms with E-state index in [4.69, 9.17) is 4.74 Å². The first-order valence-corrected chi connectivity index (χ1v) is 7.95. The number of aliphatic hydroxyl groups excluding tert-OH is 1. The van der Waals surface area contributed by atoms with Crippen LogP contribution in [0.5, 0.6) is 0 Å². The molecule has 0 aromatic carbocycles. The molecule has 2 fully saturated rings. The topological polar surface area (TPSA) is 67.6 Å². The number of piperidine rings is 1. The summed E-state index contributed by atoms with van der Waals surface area (Å²) < 4.78 is 44.9. The van der Waals surface area contributed by atoms with E-state index in [1.807, 2.05) is 0 Å². The van der Waals surface area contributed by atoms with Gasteiger partial charge in [0.05, 0.1) is 11.7 Å². The minimum Gasteiger partial charge on any atom is -0.390 e. The number of hydrogen-bond acceptors (Lipinski definition) is 4. The van der Waals surface area contributed by atoms with Gasteiger partial charge < -0.3 is 14.7 Å². The standard InChI is InChI=1S/C15H20F3N3O3/c1-20-10(9-11(19-20)15(16,17)18)13(23)21-6-4-14(5-7-21)12(22)3-2-8-24-14/h9,12,22H,2-8H2,1H3. The Morgan fingerprint density at radius 2 is 2.08 bits per heavy atom. The monoisotopic (exact) mass is 347 g/mol. The summed E-state index contributed by atoms with van der Waals surface area (Å²) in [5.41, 5.74) is -1.80. The van der Waals surface area contributed by atoms with Crippen LogP contribution in [0, 0.1) is 0 Å².